The first-order valence-corrected chi connectivity index (χ1v) is 8.65. The quantitative estimate of drug-likeness (QED) is 0.208. The Kier molecular flexibility index (Phi) is 34.1. The van der Waals surface area contributed by atoms with Crippen LogP contribution >= 0.6 is 0 Å². The van der Waals surface area contributed by atoms with Crippen molar-refractivity contribution in [1.82, 2.24) is 5.32 Å². The van der Waals surface area contributed by atoms with Crippen molar-refractivity contribution in [3.05, 3.63) is 12.8 Å². The molecule has 27 heavy (non-hydrogen) atoms. The van der Waals surface area contributed by atoms with Crippen molar-refractivity contribution < 1.29 is 65.4 Å². The maximum atomic E-state index is 9.98. The third-order valence-corrected chi connectivity index (χ3v) is 1.56. The second-order valence-corrected chi connectivity index (χ2v) is 5.40. The average Bonchev–Trinajstić information content (AvgIpc) is 2.35. The predicted molar refractivity (Wildman–Crippen MR) is 83.5 cm³/mol. The second-order valence-electron chi connectivity index (χ2n) is 4.65. The SMILES string of the molecule is CC(=O)[CH-]C(C)=O.CC(=O)[CH-]C(C)=O.CCCNCCN.[Cr+5].[O-][Cl+3]([O-])([O-])[O-]. The standard InChI is InChI=1S/C5H14N2.2C5H7O2.ClHO4.Cr/c1-2-4-7-5-3-6;2*1-4(6)3-5(2)7;2-1(3,4)5;/h7H,2-6H2,1H3;2*3H,1-2H3;(H,2,3,4,5);/q;2*-1;;+5/p-1. The summed E-state index contributed by atoms with van der Waals surface area (Å²) in [5.74, 6) is -0.750. The van der Waals surface area contributed by atoms with Gasteiger partial charge in [0.15, 0.2) is 0 Å². The van der Waals surface area contributed by atoms with E-state index in [0.29, 0.717) is 0 Å². The summed E-state index contributed by atoms with van der Waals surface area (Å²) in [7, 11) is -4.94. The largest absolute Gasteiger partial charge is 5.00 e. The first-order valence-electron chi connectivity index (χ1n) is 7.41. The molecule has 0 unspecified atom stereocenters. The number of carbonyl (C=O) groups is 4. The molecule has 3 N–H and O–H groups in total. The molecule has 0 bridgehead atoms. The Hall–Kier alpha value is -0.998. The van der Waals surface area contributed by atoms with Gasteiger partial charge >= 0.3 is 17.4 Å². The third-order valence-electron chi connectivity index (χ3n) is 1.56. The van der Waals surface area contributed by atoms with Gasteiger partial charge in [0.2, 0.25) is 0 Å². The van der Waals surface area contributed by atoms with Gasteiger partial charge in [0.05, 0.1) is 0 Å². The predicted octanol–water partition coefficient (Wildman–Crippen LogP) is -4.08. The molecule has 0 aliphatic carbocycles. The first-order chi connectivity index (χ1) is 11.7. The molecule has 157 valence electrons. The Morgan fingerprint density at radius 2 is 1.07 bits per heavy atom. The van der Waals surface area contributed by atoms with Crippen LogP contribution < -0.4 is 29.7 Å². The van der Waals surface area contributed by atoms with Gasteiger partial charge in [0, 0.05) is 36.2 Å². The molecule has 0 amide bonds. The zero-order valence-corrected chi connectivity index (χ0v) is 18.1. The van der Waals surface area contributed by atoms with Crippen molar-refractivity contribution in [3.8, 4) is 0 Å². The molecule has 0 aromatic rings. The molecule has 12 heteroatoms. The molecule has 0 aliphatic heterocycles. The minimum Gasteiger partial charge on any atom is -0.334 e. The van der Waals surface area contributed by atoms with E-state index in [0.717, 1.165) is 32.5 Å². The zero-order valence-electron chi connectivity index (χ0n) is 16.1. The van der Waals surface area contributed by atoms with Crippen LogP contribution in [0.1, 0.15) is 41.0 Å². The van der Waals surface area contributed by atoms with Crippen molar-refractivity contribution in [3.63, 3.8) is 0 Å². The molecule has 0 rings (SSSR count). The fourth-order valence-electron chi connectivity index (χ4n) is 0.976. The van der Waals surface area contributed by atoms with Gasteiger partial charge in [-0.25, -0.2) is 18.6 Å². The number of nitrogens with one attached hydrogen (secondary N) is 1. The van der Waals surface area contributed by atoms with E-state index in [9.17, 15) is 19.2 Å². The molecule has 1 radical (unpaired) electrons. The fraction of sp³-hybridized carbons (Fsp3) is 0.600. The van der Waals surface area contributed by atoms with Crippen molar-refractivity contribution in [2.24, 2.45) is 5.73 Å². The van der Waals surface area contributed by atoms with E-state index < -0.39 is 10.2 Å². The van der Waals surface area contributed by atoms with Crippen molar-refractivity contribution in [1.29, 1.82) is 0 Å². The number of rotatable bonds is 8. The van der Waals surface area contributed by atoms with Crippen LogP contribution in [0.5, 0.6) is 0 Å². The van der Waals surface area contributed by atoms with Crippen LogP contribution in [0.2, 0.25) is 0 Å². The van der Waals surface area contributed by atoms with E-state index in [1.54, 1.807) is 0 Å². The summed E-state index contributed by atoms with van der Waals surface area (Å²) < 4.78 is 34.0. The molecule has 0 fully saturated rings. The minimum absolute atomic E-state index is 0. The maximum Gasteiger partial charge on any atom is 5.00 e. The molecule has 0 heterocycles. The molecule has 0 saturated heterocycles. The Morgan fingerprint density at radius 1 is 0.815 bits per heavy atom. The summed E-state index contributed by atoms with van der Waals surface area (Å²) in [6.45, 7) is 10.3. The summed E-state index contributed by atoms with van der Waals surface area (Å²) in [6.07, 6.45) is 3.31. The summed E-state index contributed by atoms with van der Waals surface area (Å²) in [5.41, 5.74) is 5.21. The number of carbonyl (C=O) groups excluding carboxylic acids is 4. The summed E-state index contributed by atoms with van der Waals surface area (Å²) >= 11 is 0. The normalized spacial score (nSPS) is 8.67. The molecule has 10 nitrogen and oxygen atoms in total. The van der Waals surface area contributed by atoms with Crippen LogP contribution in [0.15, 0.2) is 0 Å². The molecule has 0 aliphatic rings. The minimum atomic E-state index is -4.94. The number of hydrogen-bond donors (Lipinski definition) is 2. The molecule has 0 spiro atoms. The summed E-state index contributed by atoms with van der Waals surface area (Å²) in [4.78, 5) is 39.9. The Balaban J connectivity index is -0.0000000793. The molecule has 0 aromatic carbocycles. The Morgan fingerprint density at radius 3 is 1.19 bits per heavy atom. The molecule has 0 saturated carbocycles. The van der Waals surface area contributed by atoms with Gasteiger partial charge in [-0.2, -0.15) is 0 Å². The summed E-state index contributed by atoms with van der Waals surface area (Å²) in [6, 6.07) is 0. The van der Waals surface area contributed by atoms with E-state index in [1.165, 1.54) is 34.1 Å². The van der Waals surface area contributed by atoms with Crippen LogP contribution in [0, 0.1) is 23.1 Å². The van der Waals surface area contributed by atoms with E-state index in [1.807, 2.05) is 0 Å². The molecular formula is C15H28ClCrN2O8+2. The average molecular weight is 452 g/mol. The number of nitrogens with two attached hydrogens (primary N) is 1. The smallest absolute Gasteiger partial charge is 0.334 e. The van der Waals surface area contributed by atoms with Crippen LogP contribution in [0.25, 0.3) is 0 Å². The number of ketones is 4. The van der Waals surface area contributed by atoms with Crippen LogP contribution in [0.4, 0.5) is 0 Å². The topological polar surface area (TPSA) is 199 Å². The van der Waals surface area contributed by atoms with E-state index in [2.05, 4.69) is 12.2 Å². The van der Waals surface area contributed by atoms with Gasteiger partial charge in [-0.1, -0.05) is 6.92 Å². The monoisotopic (exact) mass is 451 g/mol. The first kappa shape index (κ1) is 36.9. The van der Waals surface area contributed by atoms with E-state index in [4.69, 9.17) is 24.4 Å². The second kappa shape index (κ2) is 25.0. The van der Waals surface area contributed by atoms with Gasteiger partial charge in [0.25, 0.3) is 0 Å². The van der Waals surface area contributed by atoms with Crippen LogP contribution in [-0.4, -0.2) is 42.8 Å². The van der Waals surface area contributed by atoms with Crippen LogP contribution in [0.3, 0.4) is 0 Å². The Bertz CT molecular complexity index is 344. The van der Waals surface area contributed by atoms with Crippen molar-refractivity contribution >= 4 is 23.1 Å². The fourth-order valence-corrected chi connectivity index (χ4v) is 0.976. The number of halogens is 1. The zero-order chi connectivity index (χ0) is 21.8. The third kappa shape index (κ3) is 109. The van der Waals surface area contributed by atoms with E-state index in [-0.39, 0.29) is 40.5 Å². The van der Waals surface area contributed by atoms with Crippen molar-refractivity contribution in [2.75, 3.05) is 19.6 Å². The Labute approximate surface area is 173 Å². The van der Waals surface area contributed by atoms with Gasteiger partial charge in [-0.05, 0) is 40.7 Å². The molecule has 0 aromatic heterocycles. The maximum absolute atomic E-state index is 9.98. The van der Waals surface area contributed by atoms with Gasteiger partial charge in [-0.3, -0.25) is 12.8 Å². The molecule has 0 atom stereocenters. The number of hydrogen-bond acceptors (Lipinski definition) is 10. The van der Waals surface area contributed by atoms with Crippen molar-refractivity contribution in [2.45, 2.75) is 41.0 Å². The number of Topliss-reactive ketones (excluding diaryl/α,β-unsaturated/α-hetero) is 4. The summed E-state index contributed by atoms with van der Waals surface area (Å²) in [5, 5.41) is 3.16. The van der Waals surface area contributed by atoms with E-state index >= 15 is 0 Å². The van der Waals surface area contributed by atoms with Gasteiger partial charge in [-0.15, -0.1) is 10.2 Å². The van der Waals surface area contributed by atoms with Gasteiger partial charge < -0.3 is 30.2 Å². The van der Waals surface area contributed by atoms with Crippen LogP contribution in [-0.2, 0) is 36.5 Å². The molecular weight excluding hydrogens is 424 g/mol. The van der Waals surface area contributed by atoms with Gasteiger partial charge in [0.1, 0.15) is 0 Å².